The molecule has 2 heterocycles. The van der Waals surface area contributed by atoms with Crippen LogP contribution in [0.3, 0.4) is 0 Å². The van der Waals surface area contributed by atoms with Crippen LogP contribution < -0.4 is 0 Å². The number of likely N-dealkylation sites (N-methyl/N-ethyl adjacent to an activating group) is 1. The number of rotatable bonds is 3. The van der Waals surface area contributed by atoms with Crippen molar-refractivity contribution in [1.82, 2.24) is 9.21 Å². The van der Waals surface area contributed by atoms with Crippen molar-refractivity contribution < 1.29 is 13.2 Å². The van der Waals surface area contributed by atoms with Gasteiger partial charge in [-0.2, -0.15) is 4.31 Å². The predicted molar refractivity (Wildman–Crippen MR) is 79.4 cm³/mol. The molecule has 0 unspecified atom stereocenters. The highest BCUT2D eigenvalue weighted by atomic mass is 32.2. The first kappa shape index (κ1) is 15.5. The number of hydrogen-bond acceptors (Lipinski definition) is 4. The Morgan fingerprint density at radius 2 is 2.05 bits per heavy atom. The number of carbonyl (C=O) groups is 1. The third kappa shape index (κ3) is 2.62. The van der Waals surface area contributed by atoms with E-state index in [2.05, 4.69) is 0 Å². The van der Waals surface area contributed by atoms with Gasteiger partial charge in [-0.15, -0.1) is 11.3 Å². The summed E-state index contributed by atoms with van der Waals surface area (Å²) in [4.78, 5) is 15.7. The van der Waals surface area contributed by atoms with Crippen molar-refractivity contribution in [2.75, 3.05) is 20.6 Å². The van der Waals surface area contributed by atoms with E-state index >= 15 is 0 Å². The Labute approximate surface area is 124 Å². The van der Waals surface area contributed by atoms with E-state index < -0.39 is 16.1 Å². The Hall–Kier alpha value is -0.920. The molecule has 1 aliphatic rings. The van der Waals surface area contributed by atoms with Crippen LogP contribution in [0.15, 0.2) is 11.0 Å². The van der Waals surface area contributed by atoms with Gasteiger partial charge in [0.25, 0.3) is 0 Å². The summed E-state index contributed by atoms with van der Waals surface area (Å²) in [5.41, 5.74) is 0. The molecule has 0 spiro atoms. The van der Waals surface area contributed by atoms with E-state index in [-0.39, 0.29) is 5.91 Å². The van der Waals surface area contributed by atoms with Crippen molar-refractivity contribution in [2.24, 2.45) is 0 Å². The Morgan fingerprint density at radius 3 is 2.55 bits per heavy atom. The zero-order valence-corrected chi connectivity index (χ0v) is 13.8. The smallest absolute Gasteiger partial charge is 0.244 e. The first-order chi connectivity index (χ1) is 9.25. The molecule has 0 saturated carbocycles. The maximum Gasteiger partial charge on any atom is 0.244 e. The molecule has 20 heavy (non-hydrogen) atoms. The number of aryl methyl sites for hydroxylation is 2. The minimum absolute atomic E-state index is 0.143. The number of sulfonamides is 1. The molecule has 0 N–H and O–H groups in total. The monoisotopic (exact) mass is 316 g/mol. The molecule has 2 rings (SSSR count). The summed E-state index contributed by atoms with van der Waals surface area (Å²) in [6.07, 6.45) is 1.32. The van der Waals surface area contributed by atoms with Crippen molar-refractivity contribution in [3.05, 3.63) is 15.8 Å². The average molecular weight is 316 g/mol. The minimum Gasteiger partial charge on any atom is -0.347 e. The van der Waals surface area contributed by atoms with Crippen molar-refractivity contribution in [1.29, 1.82) is 0 Å². The fraction of sp³-hybridized carbons (Fsp3) is 0.615. The fourth-order valence-electron chi connectivity index (χ4n) is 2.56. The Balaban J connectivity index is 2.38. The van der Waals surface area contributed by atoms with Crippen LogP contribution in [-0.2, 0) is 14.8 Å². The third-order valence-electron chi connectivity index (χ3n) is 3.51. The Morgan fingerprint density at radius 1 is 1.40 bits per heavy atom. The quantitative estimate of drug-likeness (QED) is 0.851. The molecule has 1 saturated heterocycles. The molecule has 0 aromatic carbocycles. The van der Waals surface area contributed by atoms with Gasteiger partial charge in [-0.25, -0.2) is 8.42 Å². The van der Waals surface area contributed by atoms with Crippen LogP contribution in [0.25, 0.3) is 0 Å². The van der Waals surface area contributed by atoms with Gasteiger partial charge >= 0.3 is 0 Å². The summed E-state index contributed by atoms with van der Waals surface area (Å²) < 4.78 is 26.9. The normalized spacial score (nSPS) is 20.3. The molecule has 0 bridgehead atoms. The van der Waals surface area contributed by atoms with Crippen molar-refractivity contribution in [3.63, 3.8) is 0 Å². The lowest BCUT2D eigenvalue weighted by atomic mass is 10.2. The number of hydrogen-bond donors (Lipinski definition) is 0. The van der Waals surface area contributed by atoms with Gasteiger partial charge in [0.15, 0.2) is 0 Å². The minimum atomic E-state index is -3.58. The second-order valence-corrected chi connectivity index (χ2v) is 8.60. The van der Waals surface area contributed by atoms with E-state index in [9.17, 15) is 13.2 Å². The molecule has 1 aromatic heterocycles. The molecular formula is C13H20N2O3S2. The van der Waals surface area contributed by atoms with Gasteiger partial charge in [0.2, 0.25) is 15.9 Å². The number of carbonyl (C=O) groups excluding carboxylic acids is 1. The summed E-state index contributed by atoms with van der Waals surface area (Å²) >= 11 is 1.47. The zero-order chi connectivity index (χ0) is 15.1. The van der Waals surface area contributed by atoms with Gasteiger partial charge in [-0.3, -0.25) is 4.79 Å². The van der Waals surface area contributed by atoms with Crippen molar-refractivity contribution >= 4 is 27.3 Å². The highest BCUT2D eigenvalue weighted by molar-refractivity contribution is 7.89. The van der Waals surface area contributed by atoms with Crippen LogP contribution in [-0.4, -0.2) is 50.2 Å². The topological polar surface area (TPSA) is 57.7 Å². The summed E-state index contributed by atoms with van der Waals surface area (Å²) in [5.74, 6) is -0.143. The molecule has 7 heteroatoms. The standard InChI is InChI=1S/C13H20N2O3S2/c1-9-8-12(10(2)19-9)20(17,18)15-7-5-6-11(15)13(16)14(3)4/h8,11H,5-7H2,1-4H3/t11-/m1/s1. The molecule has 0 aliphatic carbocycles. The summed E-state index contributed by atoms with van der Waals surface area (Å²) in [5, 5.41) is 0. The molecule has 1 amide bonds. The second-order valence-electron chi connectivity index (χ2n) is 5.28. The van der Waals surface area contributed by atoms with Gasteiger partial charge < -0.3 is 4.90 Å². The van der Waals surface area contributed by atoms with Gasteiger partial charge in [0.1, 0.15) is 6.04 Å². The molecule has 112 valence electrons. The van der Waals surface area contributed by atoms with Crippen LogP contribution in [0.5, 0.6) is 0 Å². The molecular weight excluding hydrogens is 296 g/mol. The summed E-state index contributed by atoms with van der Waals surface area (Å²) in [7, 11) is -0.264. The average Bonchev–Trinajstić information content (AvgIpc) is 2.95. The predicted octanol–water partition coefficient (Wildman–Crippen LogP) is 1.61. The van der Waals surface area contributed by atoms with Gasteiger partial charge in [0.05, 0.1) is 4.90 Å². The van der Waals surface area contributed by atoms with E-state index in [1.165, 1.54) is 20.5 Å². The van der Waals surface area contributed by atoms with E-state index in [0.717, 1.165) is 16.2 Å². The van der Waals surface area contributed by atoms with Crippen LogP contribution >= 0.6 is 11.3 Å². The lowest BCUT2D eigenvalue weighted by Crippen LogP contribution is -2.45. The van der Waals surface area contributed by atoms with Gasteiger partial charge in [0, 0.05) is 30.4 Å². The molecule has 1 aliphatic heterocycles. The first-order valence-corrected chi connectivity index (χ1v) is 8.81. The lowest BCUT2D eigenvalue weighted by Gasteiger charge is -2.25. The molecule has 1 aromatic rings. The molecule has 1 fully saturated rings. The molecule has 0 radical (unpaired) electrons. The zero-order valence-electron chi connectivity index (χ0n) is 12.2. The van der Waals surface area contributed by atoms with Crippen molar-refractivity contribution in [3.8, 4) is 0 Å². The second kappa shape index (κ2) is 5.46. The summed E-state index contributed by atoms with van der Waals surface area (Å²) in [6, 6.07) is 1.14. The largest absolute Gasteiger partial charge is 0.347 e. The third-order valence-corrected chi connectivity index (χ3v) is 6.64. The Kier molecular flexibility index (Phi) is 4.22. The fourth-order valence-corrected chi connectivity index (χ4v) is 5.74. The van der Waals surface area contributed by atoms with Crippen LogP contribution in [0.2, 0.25) is 0 Å². The SMILES string of the molecule is Cc1cc(S(=O)(=O)N2CCC[C@@H]2C(=O)N(C)C)c(C)s1. The van der Waals surface area contributed by atoms with Crippen LogP contribution in [0, 0.1) is 13.8 Å². The van der Waals surface area contributed by atoms with Crippen LogP contribution in [0.1, 0.15) is 22.6 Å². The van der Waals surface area contributed by atoms with Crippen LogP contribution in [0.4, 0.5) is 0 Å². The van der Waals surface area contributed by atoms with E-state index in [1.54, 1.807) is 20.2 Å². The number of amides is 1. The highest BCUT2D eigenvalue weighted by Gasteiger charge is 2.40. The summed E-state index contributed by atoms with van der Waals surface area (Å²) in [6.45, 7) is 4.12. The number of nitrogens with zero attached hydrogens (tertiary/aromatic N) is 2. The van der Waals surface area contributed by atoms with Gasteiger partial charge in [-0.05, 0) is 32.8 Å². The Bertz CT molecular complexity index is 620. The van der Waals surface area contributed by atoms with E-state index in [0.29, 0.717) is 17.9 Å². The van der Waals surface area contributed by atoms with E-state index in [4.69, 9.17) is 0 Å². The molecule has 5 nitrogen and oxygen atoms in total. The number of thiophene rings is 1. The maximum atomic E-state index is 12.8. The van der Waals surface area contributed by atoms with Crippen molar-refractivity contribution in [2.45, 2.75) is 37.6 Å². The van der Waals surface area contributed by atoms with Gasteiger partial charge in [-0.1, -0.05) is 0 Å². The maximum absolute atomic E-state index is 12.8. The van der Waals surface area contributed by atoms with E-state index in [1.807, 2.05) is 13.8 Å². The first-order valence-electron chi connectivity index (χ1n) is 6.55. The molecule has 1 atom stereocenters. The highest BCUT2D eigenvalue weighted by Crippen LogP contribution is 2.32. The lowest BCUT2D eigenvalue weighted by molar-refractivity contribution is -0.132.